The summed E-state index contributed by atoms with van der Waals surface area (Å²) >= 11 is 0. The molecule has 0 saturated heterocycles. The number of fused-ring (bicyclic) bond motifs is 2. The molecule has 3 aromatic carbocycles. The van der Waals surface area contributed by atoms with Crippen LogP contribution in [-0.4, -0.2) is 38.5 Å². The number of nitrogens with two attached hydrogens (primary N) is 1. The summed E-state index contributed by atoms with van der Waals surface area (Å²) in [6.07, 6.45) is 1.13. The Bertz CT molecular complexity index is 1420. The molecule has 35 heavy (non-hydrogen) atoms. The predicted octanol–water partition coefficient (Wildman–Crippen LogP) is 2.91. The fourth-order valence-corrected chi connectivity index (χ4v) is 5.03. The second-order valence-electron chi connectivity index (χ2n) is 8.92. The molecule has 5 rings (SSSR count). The van der Waals surface area contributed by atoms with Crippen LogP contribution in [-0.2, 0) is 26.9 Å². The van der Waals surface area contributed by atoms with E-state index in [1.807, 2.05) is 72.8 Å². The van der Waals surface area contributed by atoms with Crippen LogP contribution in [0.25, 0.3) is 11.1 Å². The minimum atomic E-state index is -3.27. The Kier molecular flexibility index (Phi) is 5.61. The van der Waals surface area contributed by atoms with Crippen LogP contribution >= 0.6 is 0 Å². The van der Waals surface area contributed by atoms with Crippen molar-refractivity contribution in [2.75, 3.05) is 13.3 Å². The lowest BCUT2D eigenvalue weighted by Crippen LogP contribution is -2.43. The van der Waals surface area contributed by atoms with Gasteiger partial charge in [-0.1, -0.05) is 60.7 Å². The summed E-state index contributed by atoms with van der Waals surface area (Å²) in [7, 11) is -1.63. The summed E-state index contributed by atoms with van der Waals surface area (Å²) in [5.41, 5.74) is 9.25. The van der Waals surface area contributed by atoms with Crippen LogP contribution in [0.3, 0.4) is 0 Å². The van der Waals surface area contributed by atoms with Gasteiger partial charge in [0.15, 0.2) is 11.5 Å². The van der Waals surface area contributed by atoms with Crippen molar-refractivity contribution in [3.8, 4) is 16.9 Å². The van der Waals surface area contributed by atoms with Gasteiger partial charge in [0.25, 0.3) is 5.91 Å². The van der Waals surface area contributed by atoms with Gasteiger partial charge in [-0.25, -0.2) is 18.1 Å². The largest absolute Gasteiger partial charge is 0.485 e. The maximum Gasteiger partial charge on any atom is 0.261 e. The Morgan fingerprint density at radius 2 is 1.77 bits per heavy atom. The van der Waals surface area contributed by atoms with Crippen molar-refractivity contribution < 1.29 is 17.9 Å². The Balaban J connectivity index is 1.54. The lowest BCUT2D eigenvalue weighted by Gasteiger charge is -2.37. The van der Waals surface area contributed by atoms with E-state index in [1.54, 1.807) is 7.05 Å². The van der Waals surface area contributed by atoms with Crippen molar-refractivity contribution in [2.24, 2.45) is 10.7 Å². The van der Waals surface area contributed by atoms with E-state index in [2.05, 4.69) is 9.71 Å². The van der Waals surface area contributed by atoms with Crippen molar-refractivity contribution >= 4 is 21.9 Å². The highest BCUT2D eigenvalue weighted by atomic mass is 32.2. The summed E-state index contributed by atoms with van der Waals surface area (Å²) in [4.78, 5) is 19.6. The molecule has 3 aromatic rings. The number of hydrogen-bond donors (Lipinski definition) is 2. The van der Waals surface area contributed by atoms with E-state index >= 15 is 0 Å². The van der Waals surface area contributed by atoms with Gasteiger partial charge in [0.2, 0.25) is 10.0 Å². The molecule has 9 heteroatoms. The van der Waals surface area contributed by atoms with Crippen LogP contribution in [0.2, 0.25) is 0 Å². The molecule has 0 aromatic heterocycles. The van der Waals surface area contributed by atoms with Crippen molar-refractivity contribution in [3.05, 3.63) is 89.5 Å². The van der Waals surface area contributed by atoms with E-state index < -0.39 is 15.6 Å². The third kappa shape index (κ3) is 4.28. The molecule has 8 nitrogen and oxygen atoms in total. The molecule has 0 aliphatic carbocycles. The minimum Gasteiger partial charge on any atom is -0.485 e. The molecule has 2 unspecified atom stereocenters. The van der Waals surface area contributed by atoms with E-state index in [0.29, 0.717) is 17.7 Å². The number of rotatable bonds is 5. The Morgan fingerprint density at radius 3 is 2.40 bits per heavy atom. The van der Waals surface area contributed by atoms with Gasteiger partial charge in [-0.3, -0.25) is 9.69 Å². The van der Waals surface area contributed by atoms with Crippen molar-refractivity contribution in [3.63, 3.8) is 0 Å². The second kappa shape index (κ2) is 8.51. The van der Waals surface area contributed by atoms with E-state index in [9.17, 15) is 13.2 Å². The van der Waals surface area contributed by atoms with Gasteiger partial charge >= 0.3 is 0 Å². The molecule has 2 aliphatic heterocycles. The number of amides is 1. The average Bonchev–Trinajstić information content (AvgIpc) is 3.06. The molecule has 180 valence electrons. The fraction of sp³-hybridized carbons (Fsp3) is 0.231. The number of ether oxygens (including phenoxy) is 1. The first-order valence-electron chi connectivity index (χ1n) is 11.2. The van der Waals surface area contributed by atoms with Gasteiger partial charge in [0.05, 0.1) is 6.26 Å². The van der Waals surface area contributed by atoms with E-state index in [0.717, 1.165) is 28.5 Å². The molecule has 0 saturated carbocycles. The average molecular weight is 491 g/mol. The zero-order chi connectivity index (χ0) is 24.8. The Morgan fingerprint density at radius 1 is 1.09 bits per heavy atom. The van der Waals surface area contributed by atoms with Gasteiger partial charge in [-0.05, 0) is 34.4 Å². The van der Waals surface area contributed by atoms with E-state index in [-0.39, 0.29) is 24.5 Å². The molecule has 0 fully saturated rings. The first-order chi connectivity index (χ1) is 16.7. The quantitative estimate of drug-likeness (QED) is 0.571. The smallest absolute Gasteiger partial charge is 0.261 e. The van der Waals surface area contributed by atoms with Gasteiger partial charge in [-0.15, -0.1) is 0 Å². The molecular weight excluding hydrogens is 464 g/mol. The van der Waals surface area contributed by atoms with Crippen LogP contribution in [0, 0.1) is 0 Å². The minimum absolute atomic E-state index is 0.181. The maximum absolute atomic E-state index is 13.5. The fourth-order valence-electron chi connectivity index (χ4n) is 4.60. The number of guanidine groups is 1. The first-order valence-corrected chi connectivity index (χ1v) is 13.1. The van der Waals surface area contributed by atoms with E-state index in [1.165, 1.54) is 4.90 Å². The maximum atomic E-state index is 13.5. The highest BCUT2D eigenvalue weighted by molar-refractivity contribution is 7.88. The monoisotopic (exact) mass is 490 g/mol. The number of benzene rings is 3. The summed E-state index contributed by atoms with van der Waals surface area (Å²) < 4.78 is 31.6. The SMILES string of the molecule is CN1C(=O)C2(CC(c3ccccc3)Oc3ccc(-c4ccc(CNS(C)(=O)=O)cc4)cc32)N=C1N. The number of nitrogens with one attached hydrogen (secondary N) is 1. The van der Waals surface area contributed by atoms with Crippen LogP contribution in [0.1, 0.15) is 29.2 Å². The molecule has 3 N–H and O–H groups in total. The molecule has 1 amide bonds. The lowest BCUT2D eigenvalue weighted by atomic mass is 9.79. The van der Waals surface area contributed by atoms with Crippen LogP contribution < -0.4 is 15.2 Å². The highest BCUT2D eigenvalue weighted by Gasteiger charge is 2.53. The van der Waals surface area contributed by atoms with Gasteiger partial charge in [0, 0.05) is 25.6 Å². The number of sulfonamides is 1. The summed E-state index contributed by atoms with van der Waals surface area (Å²) in [6, 6.07) is 23.1. The predicted molar refractivity (Wildman–Crippen MR) is 134 cm³/mol. The Hall–Kier alpha value is -3.69. The lowest BCUT2D eigenvalue weighted by molar-refractivity contribution is -0.132. The molecule has 0 radical (unpaired) electrons. The third-order valence-electron chi connectivity index (χ3n) is 6.48. The first kappa shape index (κ1) is 23.1. The van der Waals surface area contributed by atoms with E-state index in [4.69, 9.17) is 10.5 Å². The van der Waals surface area contributed by atoms with Crippen molar-refractivity contribution in [1.29, 1.82) is 0 Å². The van der Waals surface area contributed by atoms with Crippen molar-refractivity contribution in [2.45, 2.75) is 24.6 Å². The highest BCUT2D eigenvalue weighted by Crippen LogP contribution is 2.50. The van der Waals surface area contributed by atoms with Gasteiger partial charge < -0.3 is 10.5 Å². The zero-order valence-electron chi connectivity index (χ0n) is 19.4. The number of hydrogen-bond acceptors (Lipinski definition) is 6. The number of nitrogens with zero attached hydrogens (tertiary/aromatic N) is 2. The normalized spacial score (nSPS) is 21.5. The summed E-state index contributed by atoms with van der Waals surface area (Å²) in [5, 5.41) is 0. The molecular formula is C26H26N4O4S. The molecule has 1 spiro atoms. The number of carbonyl (C=O) groups is 1. The third-order valence-corrected chi connectivity index (χ3v) is 7.15. The molecule has 2 atom stereocenters. The second-order valence-corrected chi connectivity index (χ2v) is 10.7. The zero-order valence-corrected chi connectivity index (χ0v) is 20.2. The summed E-state index contributed by atoms with van der Waals surface area (Å²) in [5.74, 6) is 0.602. The topological polar surface area (TPSA) is 114 Å². The Labute approximate surface area is 204 Å². The van der Waals surface area contributed by atoms with Gasteiger partial charge in [-0.2, -0.15) is 0 Å². The standard InChI is InChI=1S/C26H26N4O4S/c1-30-24(31)26(29-25(30)27)15-23(19-6-4-3-5-7-19)34-22-13-12-20(14-21(22)26)18-10-8-17(9-11-18)16-28-35(2,32)33/h3-14,23,28H,15-16H2,1-2H3,(H2,27,29). The van der Waals surface area contributed by atoms with Crippen LogP contribution in [0.5, 0.6) is 5.75 Å². The number of carbonyl (C=O) groups excluding carboxylic acids is 1. The molecule has 0 bridgehead atoms. The van der Waals surface area contributed by atoms with Crippen LogP contribution in [0.4, 0.5) is 0 Å². The van der Waals surface area contributed by atoms with Crippen LogP contribution in [0.15, 0.2) is 77.8 Å². The summed E-state index contributed by atoms with van der Waals surface area (Å²) in [6.45, 7) is 0.218. The molecule has 2 heterocycles. The van der Waals surface area contributed by atoms with Crippen molar-refractivity contribution in [1.82, 2.24) is 9.62 Å². The number of aliphatic imine (C=N–C) groups is 1. The van der Waals surface area contributed by atoms with Gasteiger partial charge in [0.1, 0.15) is 11.9 Å². The number of likely N-dealkylation sites (N-methyl/N-ethyl adjacent to an activating group) is 1. The molecule has 2 aliphatic rings.